The zero-order chi connectivity index (χ0) is 11.7. The molecule has 0 unspecified atom stereocenters. The number of aromatic nitrogens is 3. The van der Waals surface area contributed by atoms with Gasteiger partial charge >= 0.3 is 0 Å². The van der Waals surface area contributed by atoms with Crippen LogP contribution in [0.1, 0.15) is 30.0 Å². The summed E-state index contributed by atoms with van der Waals surface area (Å²) in [5.41, 5.74) is 1.98. The molecular formula is C12H16N4O. The smallest absolute Gasteiger partial charge is 0.158 e. The number of hydrogen-bond donors (Lipinski definition) is 1. The predicted molar refractivity (Wildman–Crippen MR) is 62.4 cm³/mol. The fourth-order valence-corrected chi connectivity index (χ4v) is 1.76. The molecule has 5 heteroatoms. The summed E-state index contributed by atoms with van der Waals surface area (Å²) in [5.74, 6) is 0.848. The van der Waals surface area contributed by atoms with E-state index in [1.807, 2.05) is 29.9 Å². The van der Waals surface area contributed by atoms with Gasteiger partial charge in [-0.25, -0.2) is 0 Å². The molecule has 5 nitrogen and oxygen atoms in total. The maximum absolute atomic E-state index is 5.28. The number of nitrogens with one attached hydrogen (secondary N) is 1. The number of rotatable bonds is 5. The molecule has 0 bridgehead atoms. The van der Waals surface area contributed by atoms with E-state index in [9.17, 15) is 0 Å². The SMILES string of the molecule is Cc1ccn(Cc2cc(CNC3CC3)no2)n1. The van der Waals surface area contributed by atoms with Crippen LogP contribution in [0.15, 0.2) is 22.9 Å². The quantitative estimate of drug-likeness (QED) is 0.848. The van der Waals surface area contributed by atoms with Crippen molar-refractivity contribution in [2.45, 2.75) is 38.9 Å². The average molecular weight is 232 g/mol. The number of aryl methyl sites for hydroxylation is 1. The van der Waals surface area contributed by atoms with E-state index in [0.717, 1.165) is 23.7 Å². The van der Waals surface area contributed by atoms with Crippen LogP contribution in [0.4, 0.5) is 0 Å². The lowest BCUT2D eigenvalue weighted by molar-refractivity contribution is 0.364. The molecule has 2 aromatic heterocycles. The molecule has 0 spiro atoms. The van der Waals surface area contributed by atoms with Gasteiger partial charge in [-0.15, -0.1) is 0 Å². The molecular weight excluding hydrogens is 216 g/mol. The Kier molecular flexibility index (Phi) is 2.68. The van der Waals surface area contributed by atoms with E-state index in [4.69, 9.17) is 4.52 Å². The minimum absolute atomic E-state index is 0.643. The van der Waals surface area contributed by atoms with E-state index >= 15 is 0 Å². The Balaban J connectivity index is 1.59. The maximum atomic E-state index is 5.28. The van der Waals surface area contributed by atoms with E-state index in [1.54, 1.807) is 0 Å². The van der Waals surface area contributed by atoms with Crippen molar-refractivity contribution in [2.75, 3.05) is 0 Å². The zero-order valence-electron chi connectivity index (χ0n) is 9.89. The van der Waals surface area contributed by atoms with Gasteiger partial charge in [-0.1, -0.05) is 5.16 Å². The first-order valence-electron chi connectivity index (χ1n) is 5.97. The lowest BCUT2D eigenvalue weighted by Gasteiger charge is -1.96. The van der Waals surface area contributed by atoms with Crippen molar-refractivity contribution < 1.29 is 4.52 Å². The Morgan fingerprint density at radius 3 is 3.12 bits per heavy atom. The van der Waals surface area contributed by atoms with Gasteiger partial charge in [0.25, 0.3) is 0 Å². The Morgan fingerprint density at radius 2 is 2.41 bits per heavy atom. The third-order valence-corrected chi connectivity index (χ3v) is 2.85. The topological polar surface area (TPSA) is 55.9 Å². The van der Waals surface area contributed by atoms with Gasteiger partial charge < -0.3 is 9.84 Å². The summed E-state index contributed by atoms with van der Waals surface area (Å²) in [7, 11) is 0. The van der Waals surface area contributed by atoms with Gasteiger partial charge in [-0.05, 0) is 25.8 Å². The molecule has 0 radical (unpaired) electrons. The Morgan fingerprint density at radius 1 is 1.53 bits per heavy atom. The van der Waals surface area contributed by atoms with Gasteiger partial charge in [0.1, 0.15) is 6.54 Å². The van der Waals surface area contributed by atoms with Crippen molar-refractivity contribution in [3.63, 3.8) is 0 Å². The minimum Gasteiger partial charge on any atom is -0.359 e. The van der Waals surface area contributed by atoms with E-state index in [1.165, 1.54) is 12.8 Å². The fourth-order valence-electron chi connectivity index (χ4n) is 1.76. The molecule has 1 saturated carbocycles. The molecule has 2 heterocycles. The molecule has 1 fully saturated rings. The van der Waals surface area contributed by atoms with Gasteiger partial charge in [0, 0.05) is 24.8 Å². The molecule has 0 saturated heterocycles. The Hall–Kier alpha value is -1.62. The van der Waals surface area contributed by atoms with Gasteiger partial charge in [-0.2, -0.15) is 5.10 Å². The van der Waals surface area contributed by atoms with Crippen LogP contribution in [-0.2, 0) is 13.1 Å². The highest BCUT2D eigenvalue weighted by atomic mass is 16.5. The van der Waals surface area contributed by atoms with Crippen molar-refractivity contribution in [3.8, 4) is 0 Å². The van der Waals surface area contributed by atoms with Gasteiger partial charge in [0.05, 0.1) is 11.4 Å². The lowest BCUT2D eigenvalue weighted by Crippen LogP contribution is -2.15. The highest BCUT2D eigenvalue weighted by Crippen LogP contribution is 2.19. The van der Waals surface area contributed by atoms with Crippen LogP contribution in [-0.4, -0.2) is 21.0 Å². The minimum atomic E-state index is 0.643. The monoisotopic (exact) mass is 232 g/mol. The van der Waals surface area contributed by atoms with Crippen LogP contribution in [0.25, 0.3) is 0 Å². The molecule has 1 aliphatic carbocycles. The van der Waals surface area contributed by atoms with Crippen LogP contribution in [0.5, 0.6) is 0 Å². The van der Waals surface area contributed by atoms with Crippen molar-refractivity contribution in [1.29, 1.82) is 0 Å². The third-order valence-electron chi connectivity index (χ3n) is 2.85. The van der Waals surface area contributed by atoms with Crippen molar-refractivity contribution >= 4 is 0 Å². The van der Waals surface area contributed by atoms with Crippen LogP contribution in [0.2, 0.25) is 0 Å². The fraction of sp³-hybridized carbons (Fsp3) is 0.500. The second-order valence-electron chi connectivity index (χ2n) is 4.59. The number of hydrogen-bond acceptors (Lipinski definition) is 4. The standard InChI is InChI=1S/C12H16N4O/c1-9-4-5-16(14-9)8-12-6-11(15-17-12)7-13-10-2-3-10/h4-6,10,13H,2-3,7-8H2,1H3. The van der Waals surface area contributed by atoms with E-state index in [2.05, 4.69) is 15.6 Å². The van der Waals surface area contributed by atoms with Gasteiger partial charge in [0.2, 0.25) is 0 Å². The largest absolute Gasteiger partial charge is 0.359 e. The Labute approximate surface area is 99.8 Å². The Bertz CT molecular complexity index is 498. The predicted octanol–water partition coefficient (Wildman–Crippen LogP) is 1.48. The molecule has 1 N–H and O–H groups in total. The van der Waals surface area contributed by atoms with Gasteiger partial charge in [0.15, 0.2) is 5.76 Å². The molecule has 1 aliphatic rings. The van der Waals surface area contributed by atoms with Crippen LogP contribution < -0.4 is 5.32 Å². The zero-order valence-corrected chi connectivity index (χ0v) is 9.89. The first-order valence-corrected chi connectivity index (χ1v) is 5.97. The second kappa shape index (κ2) is 4.33. The van der Waals surface area contributed by atoms with Crippen molar-refractivity contribution in [1.82, 2.24) is 20.3 Å². The highest BCUT2D eigenvalue weighted by Gasteiger charge is 2.20. The first-order chi connectivity index (χ1) is 8.29. The van der Waals surface area contributed by atoms with E-state index in [0.29, 0.717) is 12.6 Å². The average Bonchev–Trinajstić information content (AvgIpc) is 2.90. The molecule has 2 aromatic rings. The third kappa shape index (κ3) is 2.74. The number of nitrogens with zero attached hydrogens (tertiary/aromatic N) is 3. The highest BCUT2D eigenvalue weighted by molar-refractivity contribution is 5.07. The van der Waals surface area contributed by atoms with Crippen molar-refractivity contribution in [3.05, 3.63) is 35.5 Å². The summed E-state index contributed by atoms with van der Waals surface area (Å²) in [6.07, 6.45) is 4.52. The summed E-state index contributed by atoms with van der Waals surface area (Å²) >= 11 is 0. The summed E-state index contributed by atoms with van der Waals surface area (Å²) in [6.45, 7) is 3.42. The summed E-state index contributed by atoms with van der Waals surface area (Å²) in [4.78, 5) is 0. The van der Waals surface area contributed by atoms with Crippen molar-refractivity contribution in [2.24, 2.45) is 0 Å². The van der Waals surface area contributed by atoms with Crippen LogP contribution in [0, 0.1) is 6.92 Å². The normalized spacial score (nSPS) is 15.4. The molecule has 0 atom stereocenters. The molecule has 0 amide bonds. The maximum Gasteiger partial charge on any atom is 0.158 e. The lowest BCUT2D eigenvalue weighted by atomic mass is 10.3. The molecule has 0 aliphatic heterocycles. The van der Waals surface area contributed by atoms with E-state index < -0.39 is 0 Å². The summed E-state index contributed by atoms with van der Waals surface area (Å²) < 4.78 is 7.13. The molecule has 0 aromatic carbocycles. The van der Waals surface area contributed by atoms with Crippen LogP contribution in [0.3, 0.4) is 0 Å². The van der Waals surface area contributed by atoms with Gasteiger partial charge in [-0.3, -0.25) is 4.68 Å². The molecule has 3 rings (SSSR count). The second-order valence-corrected chi connectivity index (χ2v) is 4.59. The van der Waals surface area contributed by atoms with Crippen LogP contribution >= 0.6 is 0 Å². The summed E-state index contributed by atoms with van der Waals surface area (Å²) in [5, 5.41) is 11.8. The van der Waals surface area contributed by atoms with E-state index in [-0.39, 0.29) is 0 Å². The molecule has 90 valence electrons. The summed E-state index contributed by atoms with van der Waals surface area (Å²) in [6, 6.07) is 4.67. The first kappa shape index (κ1) is 10.5. The molecule has 17 heavy (non-hydrogen) atoms.